The van der Waals surface area contributed by atoms with Gasteiger partial charge in [0.15, 0.2) is 0 Å². The molecule has 60 heavy (non-hydrogen) atoms. The number of imide groups is 1. The largest absolute Gasteiger partial charge is 0.489 e. The number of nitriles is 1. The third kappa shape index (κ3) is 8.02. The number of hydrogen-bond acceptors (Lipinski definition) is 12. The lowest BCUT2D eigenvalue weighted by molar-refractivity contribution is -0.164. The fourth-order valence-corrected chi connectivity index (χ4v) is 10.1. The summed E-state index contributed by atoms with van der Waals surface area (Å²) in [5, 5.41) is 23.8. The number of piperazine rings is 1. The van der Waals surface area contributed by atoms with E-state index in [0.29, 0.717) is 38.7 Å². The van der Waals surface area contributed by atoms with E-state index >= 15 is 0 Å². The summed E-state index contributed by atoms with van der Waals surface area (Å²) in [4.78, 5) is 62.4. The maximum absolute atomic E-state index is 13.5. The summed E-state index contributed by atoms with van der Waals surface area (Å²) in [6.07, 6.45) is 5.20. The molecule has 2 aromatic carbocycles. The molecule has 3 saturated heterocycles. The van der Waals surface area contributed by atoms with Crippen LogP contribution in [0.1, 0.15) is 81.8 Å². The molecule has 1 unspecified atom stereocenters. The molecule has 4 fully saturated rings. The number of carbonyl (C=O) groups is 3. The van der Waals surface area contributed by atoms with Crippen LogP contribution in [0.4, 0.5) is 11.5 Å². The van der Waals surface area contributed by atoms with E-state index in [4.69, 9.17) is 21.3 Å². The van der Waals surface area contributed by atoms with Crippen LogP contribution in [0.25, 0.3) is 10.9 Å². The van der Waals surface area contributed by atoms with Crippen molar-refractivity contribution < 1.29 is 19.1 Å². The number of piperidine rings is 2. The Bertz CT molecular complexity index is 2380. The van der Waals surface area contributed by atoms with Crippen LogP contribution in [-0.2, 0) is 9.59 Å². The van der Waals surface area contributed by atoms with Crippen molar-refractivity contribution in [1.29, 1.82) is 5.26 Å². The third-order valence-electron chi connectivity index (χ3n) is 13.1. The standard InChI is InChI=1S/C44H51ClN10O5/c1-43(2)41(44(3,4)42(43)60-31-8-5-28(25-46)33(45)24-31)49-38(57)29-6-11-36(47-26-29)54-17-14-27(15-18-54)13-16-52-19-21-53(22-20-52)30-7-9-32-34(23-30)50-51-55(40(32)59)35-10-12-37(56)48-39(35)58/h5-9,11,23-24,26-27,35,41-42H,10,12-22H2,1-4H3,(H,49,57)(H,48,56,58). The number of benzene rings is 2. The highest BCUT2D eigenvalue weighted by Gasteiger charge is 2.64. The number of carbonyl (C=O) groups excluding carboxylic acids is 3. The normalized spacial score (nSPS) is 23.1. The number of fused-ring (bicyclic) bond motifs is 1. The molecular weight excluding hydrogens is 784 g/mol. The summed E-state index contributed by atoms with van der Waals surface area (Å²) in [6, 6.07) is 15.6. The van der Waals surface area contributed by atoms with E-state index in [1.807, 2.05) is 24.3 Å². The Morgan fingerprint density at radius 1 is 0.950 bits per heavy atom. The van der Waals surface area contributed by atoms with Gasteiger partial charge in [-0.25, -0.2) is 4.98 Å². The minimum atomic E-state index is -0.843. The summed E-state index contributed by atoms with van der Waals surface area (Å²) in [5.41, 5.74) is 1.28. The van der Waals surface area contributed by atoms with Crippen LogP contribution in [0.3, 0.4) is 0 Å². The second-order valence-electron chi connectivity index (χ2n) is 17.8. The molecule has 1 aliphatic carbocycles. The first-order chi connectivity index (χ1) is 28.7. The molecule has 3 amide bonds. The number of pyridine rings is 1. The number of nitrogens with one attached hydrogen (secondary N) is 2. The fourth-order valence-electron chi connectivity index (χ4n) is 9.92. The second kappa shape index (κ2) is 16.5. The van der Waals surface area contributed by atoms with E-state index in [9.17, 15) is 24.4 Å². The SMILES string of the molecule is CC1(C)C(NC(=O)c2ccc(N3CCC(CCN4CCN(c5ccc6c(=O)n(C7CCC(=O)NC7=O)nnc6c5)CC4)CC3)nc2)C(C)(C)C1Oc1ccc(C#N)c(Cl)c1. The number of amides is 3. The van der Waals surface area contributed by atoms with Crippen molar-refractivity contribution in [2.45, 2.75) is 78.0 Å². The molecule has 0 bridgehead atoms. The first-order valence-electron chi connectivity index (χ1n) is 20.8. The Morgan fingerprint density at radius 2 is 1.70 bits per heavy atom. The third-order valence-corrected chi connectivity index (χ3v) is 13.5. The van der Waals surface area contributed by atoms with Crippen LogP contribution < -0.4 is 30.7 Å². The summed E-state index contributed by atoms with van der Waals surface area (Å²) < 4.78 is 7.47. The Balaban J connectivity index is 0.772. The number of aromatic nitrogens is 4. The van der Waals surface area contributed by atoms with Gasteiger partial charge in [-0.2, -0.15) is 9.94 Å². The molecule has 0 radical (unpaired) electrons. The van der Waals surface area contributed by atoms with Crippen molar-refractivity contribution in [2.75, 3.05) is 55.6 Å². The van der Waals surface area contributed by atoms with Gasteiger partial charge < -0.3 is 19.9 Å². The van der Waals surface area contributed by atoms with Crippen LogP contribution in [0, 0.1) is 28.1 Å². The number of rotatable bonds is 10. The summed E-state index contributed by atoms with van der Waals surface area (Å²) in [5.74, 6) is 1.09. The molecule has 15 nitrogen and oxygen atoms in total. The molecule has 16 heteroatoms. The van der Waals surface area contributed by atoms with Gasteiger partial charge >= 0.3 is 0 Å². The van der Waals surface area contributed by atoms with E-state index in [-0.39, 0.29) is 53.2 Å². The Labute approximate surface area is 354 Å². The van der Waals surface area contributed by atoms with Crippen molar-refractivity contribution >= 4 is 51.7 Å². The quantitative estimate of drug-likeness (QED) is 0.210. The van der Waals surface area contributed by atoms with E-state index < -0.39 is 11.9 Å². The molecule has 5 heterocycles. The molecule has 2 aromatic heterocycles. The maximum atomic E-state index is 13.5. The zero-order chi connectivity index (χ0) is 42.3. The van der Waals surface area contributed by atoms with E-state index in [1.54, 1.807) is 30.5 Å². The van der Waals surface area contributed by atoms with Crippen LogP contribution in [0.2, 0.25) is 5.02 Å². The Kier molecular flexibility index (Phi) is 11.3. The number of ether oxygens (including phenoxy) is 1. The molecule has 4 aromatic rings. The van der Waals surface area contributed by atoms with Gasteiger partial charge in [0.1, 0.15) is 35.3 Å². The molecule has 1 atom stereocenters. The van der Waals surface area contributed by atoms with E-state index in [0.717, 1.165) is 81.3 Å². The molecule has 4 aliphatic rings. The molecule has 1 saturated carbocycles. The molecule has 2 N–H and O–H groups in total. The zero-order valence-electron chi connectivity index (χ0n) is 34.5. The minimum Gasteiger partial charge on any atom is -0.489 e. The average molecular weight is 835 g/mol. The summed E-state index contributed by atoms with van der Waals surface area (Å²) >= 11 is 6.25. The highest BCUT2D eigenvalue weighted by molar-refractivity contribution is 6.31. The van der Waals surface area contributed by atoms with E-state index in [1.165, 1.54) is 0 Å². The molecule has 314 valence electrons. The lowest BCUT2D eigenvalue weighted by Gasteiger charge is -2.63. The van der Waals surface area contributed by atoms with Gasteiger partial charge in [0.05, 0.1) is 21.5 Å². The van der Waals surface area contributed by atoms with Gasteiger partial charge in [0, 0.05) is 80.5 Å². The first kappa shape index (κ1) is 41.2. The minimum absolute atomic E-state index is 0.141. The lowest BCUT2D eigenvalue weighted by atomic mass is 9.49. The topological polar surface area (TPSA) is 179 Å². The summed E-state index contributed by atoms with van der Waals surface area (Å²) in [6.45, 7) is 14.9. The smallest absolute Gasteiger partial charge is 0.278 e. The Morgan fingerprint density at radius 3 is 2.37 bits per heavy atom. The van der Waals surface area contributed by atoms with Crippen molar-refractivity contribution in [2.24, 2.45) is 16.7 Å². The van der Waals surface area contributed by atoms with Gasteiger partial charge in [-0.1, -0.05) is 44.5 Å². The summed E-state index contributed by atoms with van der Waals surface area (Å²) in [7, 11) is 0. The van der Waals surface area contributed by atoms with Gasteiger partial charge in [-0.3, -0.25) is 29.4 Å². The predicted octanol–water partition coefficient (Wildman–Crippen LogP) is 4.73. The highest BCUT2D eigenvalue weighted by Crippen LogP contribution is 2.55. The first-order valence-corrected chi connectivity index (χ1v) is 21.2. The molecule has 0 spiro atoms. The monoisotopic (exact) mass is 834 g/mol. The van der Waals surface area contributed by atoms with Crippen molar-refractivity contribution in [3.8, 4) is 11.8 Å². The van der Waals surface area contributed by atoms with Gasteiger partial charge in [0.2, 0.25) is 5.91 Å². The number of halogens is 1. The molecule has 8 rings (SSSR count). The molecular formula is C44H51ClN10O5. The Hall–Kier alpha value is -5.59. The predicted molar refractivity (Wildman–Crippen MR) is 227 cm³/mol. The van der Waals surface area contributed by atoms with Crippen molar-refractivity contribution in [3.63, 3.8) is 0 Å². The van der Waals surface area contributed by atoms with Crippen LogP contribution in [-0.4, -0.2) is 101 Å². The zero-order valence-corrected chi connectivity index (χ0v) is 35.2. The van der Waals surface area contributed by atoms with Crippen molar-refractivity contribution in [3.05, 3.63) is 81.2 Å². The maximum Gasteiger partial charge on any atom is 0.278 e. The van der Waals surface area contributed by atoms with Gasteiger partial charge in [-0.05, 0) is 80.6 Å². The molecule has 3 aliphatic heterocycles. The number of hydrogen-bond donors (Lipinski definition) is 2. The van der Waals surface area contributed by atoms with Crippen molar-refractivity contribution in [1.82, 2.24) is 35.5 Å². The van der Waals surface area contributed by atoms with Gasteiger partial charge in [-0.15, -0.1) is 5.10 Å². The van der Waals surface area contributed by atoms with Gasteiger partial charge in [0.25, 0.3) is 17.4 Å². The highest BCUT2D eigenvalue weighted by atomic mass is 35.5. The van der Waals surface area contributed by atoms with Crippen LogP contribution in [0.15, 0.2) is 59.5 Å². The van der Waals surface area contributed by atoms with Crippen LogP contribution >= 0.6 is 11.6 Å². The fraction of sp³-hybridized carbons (Fsp3) is 0.500. The second-order valence-corrected chi connectivity index (χ2v) is 18.2. The number of anilines is 2. The van der Waals surface area contributed by atoms with Crippen LogP contribution in [0.5, 0.6) is 5.75 Å². The van der Waals surface area contributed by atoms with E-state index in [2.05, 4.69) is 69.4 Å². The number of nitrogens with zero attached hydrogens (tertiary/aromatic N) is 8. The average Bonchev–Trinajstić information content (AvgIpc) is 3.24. The lowest BCUT2D eigenvalue weighted by Crippen LogP contribution is -2.74.